The minimum absolute atomic E-state index is 0.315. The summed E-state index contributed by atoms with van der Waals surface area (Å²) in [6, 6.07) is 6.47. The first-order chi connectivity index (χ1) is 8.16. The number of piperidine rings is 1. The number of benzene rings is 1. The summed E-state index contributed by atoms with van der Waals surface area (Å²) in [5, 5.41) is 10.1. The number of halogens is 1. The number of aliphatic hydroxyl groups excluding tert-OH is 1. The molecule has 1 saturated heterocycles. The van der Waals surface area contributed by atoms with E-state index in [9.17, 15) is 9.50 Å². The fraction of sp³-hybridized carbons (Fsp3) is 0.571. The molecule has 0 aliphatic carbocycles. The van der Waals surface area contributed by atoms with Crippen molar-refractivity contribution in [1.29, 1.82) is 0 Å². The van der Waals surface area contributed by atoms with E-state index in [1.165, 1.54) is 18.9 Å². The molecule has 0 spiro atoms. The Bertz CT molecular complexity index is 369. The Hall–Kier alpha value is -0.930. The maximum Gasteiger partial charge on any atom is 0.129 e. The van der Waals surface area contributed by atoms with Crippen LogP contribution < -0.4 is 0 Å². The van der Waals surface area contributed by atoms with Gasteiger partial charge in [-0.2, -0.15) is 0 Å². The van der Waals surface area contributed by atoms with Crippen molar-refractivity contribution in [1.82, 2.24) is 4.90 Å². The van der Waals surface area contributed by atoms with E-state index in [1.54, 1.807) is 18.2 Å². The molecular weight excluding hydrogens is 217 g/mol. The van der Waals surface area contributed by atoms with E-state index >= 15 is 0 Å². The first kappa shape index (κ1) is 12.5. The minimum atomic E-state index is -0.721. The van der Waals surface area contributed by atoms with Crippen LogP contribution in [0, 0.1) is 11.7 Å². The summed E-state index contributed by atoms with van der Waals surface area (Å²) < 4.78 is 13.5. The zero-order chi connectivity index (χ0) is 12.3. The second-order valence-corrected chi connectivity index (χ2v) is 5.04. The van der Waals surface area contributed by atoms with Gasteiger partial charge >= 0.3 is 0 Å². The average Bonchev–Trinajstić information content (AvgIpc) is 2.29. The van der Waals surface area contributed by atoms with Crippen LogP contribution in [0.25, 0.3) is 0 Å². The maximum absolute atomic E-state index is 13.5. The Kier molecular flexibility index (Phi) is 4.13. The Balaban J connectivity index is 1.97. The molecule has 94 valence electrons. The van der Waals surface area contributed by atoms with E-state index in [1.807, 2.05) is 0 Å². The number of hydrogen-bond donors (Lipinski definition) is 1. The van der Waals surface area contributed by atoms with Gasteiger partial charge in [0.05, 0.1) is 6.10 Å². The molecule has 0 saturated carbocycles. The zero-order valence-corrected chi connectivity index (χ0v) is 10.3. The monoisotopic (exact) mass is 237 g/mol. The molecule has 2 nitrogen and oxygen atoms in total. The quantitative estimate of drug-likeness (QED) is 0.873. The van der Waals surface area contributed by atoms with Crippen LogP contribution in [0.3, 0.4) is 0 Å². The zero-order valence-electron chi connectivity index (χ0n) is 10.3. The summed E-state index contributed by atoms with van der Waals surface area (Å²) in [6.07, 6.45) is 1.71. The topological polar surface area (TPSA) is 23.5 Å². The molecule has 0 radical (unpaired) electrons. The van der Waals surface area contributed by atoms with Crippen LogP contribution in [0.2, 0.25) is 0 Å². The van der Waals surface area contributed by atoms with Crippen molar-refractivity contribution in [2.45, 2.75) is 25.9 Å². The summed E-state index contributed by atoms with van der Waals surface area (Å²) in [5.74, 6) is 0.363. The highest BCUT2D eigenvalue weighted by Gasteiger charge is 2.20. The maximum atomic E-state index is 13.5. The standard InChI is InChI=1S/C14H20FNO/c1-11-5-4-8-16(9-11)10-14(17)12-6-2-3-7-13(12)15/h2-3,6-7,11,14,17H,4-5,8-10H2,1H3. The molecule has 2 atom stereocenters. The van der Waals surface area contributed by atoms with E-state index in [-0.39, 0.29) is 5.82 Å². The summed E-state index contributed by atoms with van der Waals surface area (Å²) >= 11 is 0. The van der Waals surface area contributed by atoms with Gasteiger partial charge in [0, 0.05) is 18.7 Å². The van der Waals surface area contributed by atoms with Crippen LogP contribution in [-0.2, 0) is 0 Å². The summed E-state index contributed by atoms with van der Waals surface area (Å²) in [5.41, 5.74) is 0.408. The predicted octanol–water partition coefficient (Wildman–Crippen LogP) is 2.59. The van der Waals surface area contributed by atoms with Gasteiger partial charge in [-0.15, -0.1) is 0 Å². The Morgan fingerprint density at radius 2 is 2.24 bits per heavy atom. The van der Waals surface area contributed by atoms with Crippen molar-refractivity contribution in [2.75, 3.05) is 19.6 Å². The van der Waals surface area contributed by atoms with Crippen molar-refractivity contribution < 1.29 is 9.50 Å². The molecule has 2 unspecified atom stereocenters. The second kappa shape index (κ2) is 5.61. The third-order valence-corrected chi connectivity index (χ3v) is 3.44. The van der Waals surface area contributed by atoms with Crippen molar-refractivity contribution >= 4 is 0 Å². The van der Waals surface area contributed by atoms with Crippen LogP contribution >= 0.6 is 0 Å². The number of nitrogens with zero attached hydrogens (tertiary/aromatic N) is 1. The minimum Gasteiger partial charge on any atom is -0.387 e. The fourth-order valence-corrected chi connectivity index (χ4v) is 2.54. The van der Waals surface area contributed by atoms with Gasteiger partial charge in [-0.1, -0.05) is 25.1 Å². The number of β-amino-alcohol motifs (C(OH)–C–C–N with tert-alkyl or cyclic N) is 1. The fourth-order valence-electron chi connectivity index (χ4n) is 2.54. The number of likely N-dealkylation sites (tertiary alicyclic amines) is 1. The molecule has 17 heavy (non-hydrogen) atoms. The van der Waals surface area contributed by atoms with Crippen molar-refractivity contribution in [3.05, 3.63) is 35.6 Å². The lowest BCUT2D eigenvalue weighted by atomic mass is 9.99. The first-order valence-electron chi connectivity index (χ1n) is 6.31. The van der Waals surface area contributed by atoms with Crippen LogP contribution in [0.1, 0.15) is 31.4 Å². The van der Waals surface area contributed by atoms with E-state index in [0.717, 1.165) is 13.1 Å². The lowest BCUT2D eigenvalue weighted by Crippen LogP contribution is -2.37. The molecule has 1 fully saturated rings. The van der Waals surface area contributed by atoms with E-state index in [2.05, 4.69) is 11.8 Å². The smallest absolute Gasteiger partial charge is 0.129 e. The highest BCUT2D eigenvalue weighted by molar-refractivity contribution is 5.20. The van der Waals surface area contributed by atoms with E-state index in [4.69, 9.17) is 0 Å². The molecule has 1 aliphatic rings. The normalized spacial score (nSPS) is 23.6. The molecule has 1 aromatic rings. The average molecular weight is 237 g/mol. The van der Waals surface area contributed by atoms with Crippen LogP contribution in [0.4, 0.5) is 4.39 Å². The second-order valence-electron chi connectivity index (χ2n) is 5.04. The van der Waals surface area contributed by atoms with Gasteiger partial charge in [-0.25, -0.2) is 4.39 Å². The van der Waals surface area contributed by atoms with Crippen molar-refractivity contribution in [3.63, 3.8) is 0 Å². The first-order valence-corrected chi connectivity index (χ1v) is 6.31. The van der Waals surface area contributed by atoms with Gasteiger partial charge < -0.3 is 10.0 Å². The van der Waals surface area contributed by atoms with Gasteiger partial charge in [-0.05, 0) is 31.4 Å². The molecule has 0 bridgehead atoms. The lowest BCUT2D eigenvalue weighted by Gasteiger charge is -2.32. The van der Waals surface area contributed by atoms with E-state index in [0.29, 0.717) is 18.0 Å². The molecule has 0 aromatic heterocycles. The molecule has 1 aromatic carbocycles. The van der Waals surface area contributed by atoms with Gasteiger partial charge in [-0.3, -0.25) is 0 Å². The predicted molar refractivity (Wildman–Crippen MR) is 66.2 cm³/mol. The Morgan fingerprint density at radius 1 is 1.47 bits per heavy atom. The van der Waals surface area contributed by atoms with Crippen molar-refractivity contribution in [2.24, 2.45) is 5.92 Å². The van der Waals surface area contributed by atoms with Crippen molar-refractivity contribution in [3.8, 4) is 0 Å². The summed E-state index contributed by atoms with van der Waals surface area (Å²) in [7, 11) is 0. The molecule has 0 amide bonds. The molecule has 1 N–H and O–H groups in total. The number of hydrogen-bond acceptors (Lipinski definition) is 2. The summed E-state index contributed by atoms with van der Waals surface area (Å²) in [4.78, 5) is 2.23. The van der Waals surface area contributed by atoms with Gasteiger partial charge in [0.25, 0.3) is 0 Å². The summed E-state index contributed by atoms with van der Waals surface area (Å²) in [6.45, 7) is 4.77. The number of aliphatic hydroxyl groups is 1. The van der Waals surface area contributed by atoms with E-state index < -0.39 is 6.10 Å². The number of rotatable bonds is 3. The third kappa shape index (κ3) is 3.27. The third-order valence-electron chi connectivity index (χ3n) is 3.44. The Morgan fingerprint density at radius 3 is 2.94 bits per heavy atom. The van der Waals surface area contributed by atoms with Gasteiger partial charge in [0.15, 0.2) is 0 Å². The molecule has 3 heteroatoms. The SMILES string of the molecule is CC1CCCN(CC(O)c2ccccc2F)C1. The molecule has 1 aliphatic heterocycles. The van der Waals surface area contributed by atoms with Crippen LogP contribution in [0.15, 0.2) is 24.3 Å². The highest BCUT2D eigenvalue weighted by Crippen LogP contribution is 2.21. The largest absolute Gasteiger partial charge is 0.387 e. The van der Waals surface area contributed by atoms with Crippen LogP contribution in [-0.4, -0.2) is 29.6 Å². The Labute approximate surface area is 102 Å². The van der Waals surface area contributed by atoms with Gasteiger partial charge in [0.2, 0.25) is 0 Å². The lowest BCUT2D eigenvalue weighted by molar-refractivity contribution is 0.0854. The highest BCUT2D eigenvalue weighted by atomic mass is 19.1. The molecular formula is C14H20FNO. The molecule has 2 rings (SSSR count). The molecule has 1 heterocycles. The van der Waals surface area contributed by atoms with Gasteiger partial charge in [0.1, 0.15) is 5.82 Å². The van der Waals surface area contributed by atoms with Crippen LogP contribution in [0.5, 0.6) is 0 Å².